The van der Waals surface area contributed by atoms with Crippen LogP contribution in [0.3, 0.4) is 0 Å². The van der Waals surface area contributed by atoms with Crippen molar-refractivity contribution in [1.29, 1.82) is 0 Å². The fraction of sp³-hybridized carbons (Fsp3) is 0.579. The third-order valence-corrected chi connectivity index (χ3v) is 5.62. The second kappa shape index (κ2) is 6.86. The molecule has 4 rings (SSSR count). The monoisotopic (exact) mass is 342 g/mol. The first-order valence-corrected chi connectivity index (χ1v) is 9.09. The Bertz CT molecular complexity index is 618. The molecule has 1 aliphatic carbocycles. The van der Waals surface area contributed by atoms with E-state index in [1.807, 2.05) is 5.01 Å². The molecule has 0 unspecified atom stereocenters. The first-order chi connectivity index (χ1) is 12.2. The summed E-state index contributed by atoms with van der Waals surface area (Å²) >= 11 is 0. The molecule has 2 aliphatic heterocycles. The van der Waals surface area contributed by atoms with Gasteiger partial charge in [0, 0.05) is 25.6 Å². The fourth-order valence-corrected chi connectivity index (χ4v) is 4.16. The summed E-state index contributed by atoms with van der Waals surface area (Å²) in [6.45, 7) is 2.94. The Morgan fingerprint density at radius 3 is 2.44 bits per heavy atom. The van der Waals surface area contributed by atoms with Crippen molar-refractivity contribution >= 4 is 0 Å². The zero-order chi connectivity index (χ0) is 17.2. The zero-order valence-electron chi connectivity index (χ0n) is 14.8. The quantitative estimate of drug-likeness (QED) is 0.842. The van der Waals surface area contributed by atoms with Crippen LogP contribution in [-0.4, -0.2) is 48.2 Å². The minimum atomic E-state index is -0.381. The average molecular weight is 342 g/mol. The lowest BCUT2D eigenvalue weighted by Gasteiger charge is -2.51. The molecule has 1 aromatic rings. The lowest BCUT2D eigenvalue weighted by molar-refractivity contribution is -0.209. The van der Waals surface area contributed by atoms with Crippen molar-refractivity contribution in [3.05, 3.63) is 48.2 Å². The van der Waals surface area contributed by atoms with Gasteiger partial charge in [0.2, 0.25) is 0 Å². The highest BCUT2D eigenvalue weighted by molar-refractivity contribution is 5.15. The van der Waals surface area contributed by atoms with Gasteiger partial charge in [0.25, 0.3) is 0 Å². The molecule has 25 heavy (non-hydrogen) atoms. The van der Waals surface area contributed by atoms with E-state index in [4.69, 9.17) is 9.47 Å². The standard InChI is InChI=1S/C19H26N4O2/c1-22(16-17-6-3-2-4-7-17)18(23-13-5-12-20-21-23)8-10-19(11-9-18)24-14-15-25-19/h2-7,13H,8-12,14-16H2,1H3. The van der Waals surface area contributed by atoms with Crippen molar-refractivity contribution in [2.45, 2.75) is 43.7 Å². The number of hydrogen-bond donors (Lipinski definition) is 0. The second-order valence-corrected chi connectivity index (χ2v) is 7.07. The maximum Gasteiger partial charge on any atom is 0.168 e. The molecule has 3 aliphatic rings. The molecule has 0 bridgehead atoms. The smallest absolute Gasteiger partial charge is 0.168 e. The molecule has 6 heteroatoms. The molecule has 1 spiro atoms. The van der Waals surface area contributed by atoms with Gasteiger partial charge in [0.1, 0.15) is 5.66 Å². The van der Waals surface area contributed by atoms with Crippen LogP contribution in [0.4, 0.5) is 0 Å². The molecule has 1 saturated carbocycles. The Balaban J connectivity index is 1.57. The fourth-order valence-electron chi connectivity index (χ4n) is 4.16. The van der Waals surface area contributed by atoms with Crippen LogP contribution in [0.15, 0.2) is 52.9 Å². The first-order valence-electron chi connectivity index (χ1n) is 9.09. The first kappa shape index (κ1) is 16.7. The van der Waals surface area contributed by atoms with Crippen molar-refractivity contribution in [3.8, 4) is 0 Å². The maximum absolute atomic E-state index is 5.93. The van der Waals surface area contributed by atoms with E-state index < -0.39 is 0 Å². The second-order valence-electron chi connectivity index (χ2n) is 7.07. The highest BCUT2D eigenvalue weighted by Gasteiger charge is 2.50. The summed E-state index contributed by atoms with van der Waals surface area (Å²) in [6.07, 6.45) is 7.76. The van der Waals surface area contributed by atoms with E-state index in [1.165, 1.54) is 5.56 Å². The number of hydrogen-bond acceptors (Lipinski definition) is 6. The maximum atomic E-state index is 5.93. The molecule has 0 aromatic heterocycles. The van der Waals surface area contributed by atoms with Crippen LogP contribution in [0.5, 0.6) is 0 Å². The van der Waals surface area contributed by atoms with E-state index in [0.717, 1.165) is 32.2 Å². The minimum Gasteiger partial charge on any atom is -0.348 e. The van der Waals surface area contributed by atoms with Crippen LogP contribution in [0.25, 0.3) is 0 Å². The lowest BCUT2D eigenvalue weighted by atomic mass is 9.83. The molecular weight excluding hydrogens is 316 g/mol. The van der Waals surface area contributed by atoms with Crippen LogP contribution < -0.4 is 0 Å². The Morgan fingerprint density at radius 1 is 1.08 bits per heavy atom. The van der Waals surface area contributed by atoms with Crippen molar-refractivity contribution < 1.29 is 9.47 Å². The summed E-state index contributed by atoms with van der Waals surface area (Å²) in [4.78, 5) is 2.40. The van der Waals surface area contributed by atoms with Gasteiger partial charge in [-0.05, 0) is 31.5 Å². The molecule has 2 fully saturated rings. The van der Waals surface area contributed by atoms with Crippen LogP contribution in [0.2, 0.25) is 0 Å². The summed E-state index contributed by atoms with van der Waals surface area (Å²) in [5, 5.41) is 10.7. The minimum absolute atomic E-state index is 0.198. The molecule has 2 heterocycles. The van der Waals surface area contributed by atoms with Gasteiger partial charge < -0.3 is 9.47 Å². The molecular formula is C19H26N4O2. The molecule has 0 radical (unpaired) electrons. The van der Waals surface area contributed by atoms with Gasteiger partial charge in [0.15, 0.2) is 5.79 Å². The van der Waals surface area contributed by atoms with Gasteiger partial charge in [-0.3, -0.25) is 4.90 Å². The number of ether oxygens (including phenoxy) is 2. The number of nitrogens with zero attached hydrogens (tertiary/aromatic N) is 4. The van der Waals surface area contributed by atoms with Crippen LogP contribution in [0, 0.1) is 0 Å². The van der Waals surface area contributed by atoms with Crippen molar-refractivity contribution in [1.82, 2.24) is 9.91 Å². The van der Waals surface area contributed by atoms with Crippen molar-refractivity contribution in [2.75, 3.05) is 26.8 Å². The van der Waals surface area contributed by atoms with Gasteiger partial charge in [-0.15, -0.1) is 0 Å². The summed E-state index contributed by atoms with van der Waals surface area (Å²) in [7, 11) is 2.18. The van der Waals surface area contributed by atoms with Gasteiger partial charge >= 0.3 is 0 Å². The van der Waals surface area contributed by atoms with Crippen molar-refractivity contribution in [2.24, 2.45) is 10.3 Å². The Kier molecular flexibility index (Phi) is 4.58. The molecule has 1 saturated heterocycles. The highest BCUT2D eigenvalue weighted by atomic mass is 16.7. The normalized spacial score (nSPS) is 24.3. The van der Waals surface area contributed by atoms with Crippen LogP contribution in [0.1, 0.15) is 31.2 Å². The van der Waals surface area contributed by atoms with E-state index in [1.54, 1.807) is 0 Å². The predicted molar refractivity (Wildman–Crippen MR) is 94.4 cm³/mol. The predicted octanol–water partition coefficient (Wildman–Crippen LogP) is 3.33. The average Bonchev–Trinajstić information content (AvgIpc) is 3.12. The topological polar surface area (TPSA) is 49.7 Å². The van der Waals surface area contributed by atoms with E-state index >= 15 is 0 Å². The molecule has 0 amide bonds. The summed E-state index contributed by atoms with van der Waals surface area (Å²) < 4.78 is 11.9. The number of benzene rings is 1. The van der Waals surface area contributed by atoms with Gasteiger partial charge in [-0.2, -0.15) is 5.11 Å². The lowest BCUT2D eigenvalue weighted by Crippen LogP contribution is -2.59. The summed E-state index contributed by atoms with van der Waals surface area (Å²) in [6, 6.07) is 10.6. The molecule has 0 atom stereocenters. The van der Waals surface area contributed by atoms with Crippen molar-refractivity contribution in [3.63, 3.8) is 0 Å². The zero-order valence-corrected chi connectivity index (χ0v) is 14.8. The van der Waals surface area contributed by atoms with Crippen LogP contribution >= 0.6 is 0 Å². The Hall–Kier alpha value is -1.76. The highest BCUT2D eigenvalue weighted by Crippen LogP contribution is 2.45. The van der Waals surface area contributed by atoms with Gasteiger partial charge in [-0.1, -0.05) is 35.6 Å². The molecule has 6 nitrogen and oxygen atoms in total. The summed E-state index contributed by atoms with van der Waals surface area (Å²) in [5.41, 5.74) is 1.10. The van der Waals surface area contributed by atoms with E-state index in [0.29, 0.717) is 19.8 Å². The SMILES string of the molecule is CN(Cc1ccccc1)C1(N2C=CCN=N2)CCC2(CC1)OCCO2. The largest absolute Gasteiger partial charge is 0.348 e. The molecule has 134 valence electrons. The molecule has 1 aromatic carbocycles. The molecule has 0 N–H and O–H groups in total. The Morgan fingerprint density at radius 2 is 1.80 bits per heavy atom. The van der Waals surface area contributed by atoms with Gasteiger partial charge in [0.05, 0.1) is 19.8 Å². The summed E-state index contributed by atoms with van der Waals surface area (Å²) in [5.74, 6) is -0.381. The third kappa shape index (κ3) is 3.21. The van der Waals surface area contributed by atoms with E-state index in [-0.39, 0.29) is 11.4 Å². The van der Waals surface area contributed by atoms with Gasteiger partial charge in [-0.25, -0.2) is 5.01 Å². The van der Waals surface area contributed by atoms with E-state index in [2.05, 4.69) is 64.9 Å². The number of rotatable bonds is 4. The van der Waals surface area contributed by atoms with Crippen LogP contribution in [-0.2, 0) is 16.0 Å². The Labute approximate surface area is 149 Å². The van der Waals surface area contributed by atoms with E-state index in [9.17, 15) is 0 Å². The third-order valence-electron chi connectivity index (χ3n) is 5.62.